The second kappa shape index (κ2) is 10.2. The lowest BCUT2D eigenvalue weighted by molar-refractivity contribution is -0.169. The van der Waals surface area contributed by atoms with Gasteiger partial charge >= 0.3 is 5.97 Å². The molecule has 0 spiro atoms. The lowest BCUT2D eigenvalue weighted by Gasteiger charge is -2.37. The molecule has 8 nitrogen and oxygen atoms in total. The van der Waals surface area contributed by atoms with Gasteiger partial charge in [-0.05, 0) is 69.0 Å². The van der Waals surface area contributed by atoms with Crippen molar-refractivity contribution in [2.24, 2.45) is 10.9 Å². The molecule has 1 N–H and O–H groups in total. The van der Waals surface area contributed by atoms with Gasteiger partial charge in [0.15, 0.2) is 0 Å². The average molecular weight is 517 g/mol. The summed E-state index contributed by atoms with van der Waals surface area (Å²) in [5.41, 5.74) is 1.79. The highest BCUT2D eigenvalue weighted by Crippen LogP contribution is 2.37. The molecule has 1 aliphatic carbocycles. The Morgan fingerprint density at radius 3 is 2.83 bits per heavy atom. The zero-order valence-corrected chi connectivity index (χ0v) is 21.1. The van der Waals surface area contributed by atoms with Crippen LogP contribution in [0.4, 0.5) is 15.8 Å². The number of aliphatic imine (C=N–C) groups is 1. The Morgan fingerprint density at radius 2 is 2.08 bits per heavy atom. The molecule has 192 valence electrons. The number of hydrogen-bond acceptors (Lipinski definition) is 8. The van der Waals surface area contributed by atoms with E-state index in [9.17, 15) is 9.18 Å². The molecule has 36 heavy (non-hydrogen) atoms. The van der Waals surface area contributed by atoms with Gasteiger partial charge in [-0.2, -0.15) is 0 Å². The Morgan fingerprint density at radius 1 is 1.25 bits per heavy atom. The number of carbonyl (C=O) groups is 1. The van der Waals surface area contributed by atoms with Crippen LogP contribution in [-0.4, -0.2) is 55.7 Å². The molecule has 5 rings (SSSR count). The summed E-state index contributed by atoms with van der Waals surface area (Å²) < 4.78 is 25.0. The van der Waals surface area contributed by atoms with Crippen LogP contribution in [0.5, 0.6) is 5.75 Å². The topological polar surface area (TPSA) is 75.6 Å². The molecule has 2 aromatic carbocycles. The van der Waals surface area contributed by atoms with E-state index < -0.39 is 17.6 Å². The molecule has 2 fully saturated rings. The predicted molar refractivity (Wildman–Crippen MR) is 136 cm³/mol. The number of nitrogens with zero attached hydrogens (tertiary/aromatic N) is 3. The third-order valence-electron chi connectivity index (χ3n) is 6.24. The lowest BCUT2D eigenvalue weighted by Crippen LogP contribution is -2.51. The number of anilines is 2. The van der Waals surface area contributed by atoms with Crippen LogP contribution >= 0.6 is 11.6 Å². The molecule has 0 radical (unpaired) electrons. The van der Waals surface area contributed by atoms with Crippen molar-refractivity contribution >= 4 is 35.3 Å². The van der Waals surface area contributed by atoms with E-state index in [1.54, 1.807) is 17.5 Å². The van der Waals surface area contributed by atoms with Gasteiger partial charge in [0.2, 0.25) is 0 Å². The summed E-state index contributed by atoms with van der Waals surface area (Å²) in [4.78, 5) is 24.6. The number of fused-ring (bicyclic) bond motifs is 1. The first-order chi connectivity index (χ1) is 17.3. The Kier molecular flexibility index (Phi) is 7.05. The fourth-order valence-corrected chi connectivity index (χ4v) is 4.53. The van der Waals surface area contributed by atoms with Gasteiger partial charge in [-0.3, -0.25) is 14.5 Å². The summed E-state index contributed by atoms with van der Waals surface area (Å²) in [5.74, 6) is 0.682. The second-order valence-electron chi connectivity index (χ2n) is 10.0. The molecule has 1 saturated carbocycles. The molecule has 1 atom stereocenters. The van der Waals surface area contributed by atoms with Crippen molar-refractivity contribution in [1.82, 2.24) is 4.90 Å². The minimum absolute atomic E-state index is 0.0382. The number of hydroxylamine groups is 1. The summed E-state index contributed by atoms with van der Waals surface area (Å²) in [5, 5.41) is 4.97. The van der Waals surface area contributed by atoms with Crippen molar-refractivity contribution in [3.05, 3.63) is 52.8 Å². The summed E-state index contributed by atoms with van der Waals surface area (Å²) in [6.45, 7) is 6.30. The van der Waals surface area contributed by atoms with Crippen LogP contribution in [0.15, 0.2) is 41.4 Å². The third kappa shape index (κ3) is 6.08. The number of halogens is 2. The van der Waals surface area contributed by atoms with E-state index >= 15 is 0 Å². The van der Waals surface area contributed by atoms with Gasteiger partial charge in [-0.25, -0.2) is 14.4 Å². The Hall–Kier alpha value is -2.88. The van der Waals surface area contributed by atoms with Crippen molar-refractivity contribution in [3.8, 4) is 5.75 Å². The maximum atomic E-state index is 13.6. The molecule has 0 amide bonds. The highest BCUT2D eigenvalue weighted by Gasteiger charge is 2.33. The van der Waals surface area contributed by atoms with E-state index in [1.165, 1.54) is 25.0 Å². The maximum Gasteiger partial charge on any atom is 0.320 e. The van der Waals surface area contributed by atoms with Crippen LogP contribution in [0.25, 0.3) is 0 Å². The zero-order valence-electron chi connectivity index (χ0n) is 20.4. The van der Waals surface area contributed by atoms with Gasteiger partial charge in [-0.1, -0.05) is 11.6 Å². The number of carbonyl (C=O) groups excluding carboxylic acids is 1. The Balaban J connectivity index is 1.30. The molecule has 0 bridgehead atoms. The molecule has 2 aliphatic heterocycles. The number of hydrogen-bond donors (Lipinski definition) is 1. The van der Waals surface area contributed by atoms with Gasteiger partial charge in [0, 0.05) is 24.3 Å². The van der Waals surface area contributed by atoms with Crippen LogP contribution in [-0.2, 0) is 14.4 Å². The molecular formula is C26H30ClFN4O4. The minimum Gasteiger partial charge on any atom is -0.493 e. The van der Waals surface area contributed by atoms with Crippen molar-refractivity contribution in [2.45, 2.75) is 38.5 Å². The van der Waals surface area contributed by atoms with E-state index in [-0.39, 0.29) is 17.5 Å². The zero-order chi connectivity index (χ0) is 25.3. The van der Waals surface area contributed by atoms with Gasteiger partial charge in [-0.15, -0.1) is 0 Å². The van der Waals surface area contributed by atoms with E-state index in [0.717, 1.165) is 17.0 Å². The summed E-state index contributed by atoms with van der Waals surface area (Å²) in [6.07, 6.45) is 3.59. The van der Waals surface area contributed by atoms with Crippen LogP contribution in [0.2, 0.25) is 5.02 Å². The number of rotatable bonds is 9. The number of esters is 1. The fourth-order valence-electron chi connectivity index (χ4n) is 4.35. The van der Waals surface area contributed by atoms with E-state index in [2.05, 4.69) is 10.3 Å². The molecule has 2 heterocycles. The average Bonchev–Trinajstić information content (AvgIpc) is 3.65. The molecule has 1 unspecified atom stereocenters. The molecular weight excluding hydrogens is 487 g/mol. The largest absolute Gasteiger partial charge is 0.493 e. The first-order valence-corrected chi connectivity index (χ1v) is 12.5. The van der Waals surface area contributed by atoms with E-state index in [1.807, 2.05) is 36.9 Å². The van der Waals surface area contributed by atoms with E-state index in [0.29, 0.717) is 37.9 Å². The van der Waals surface area contributed by atoms with Gasteiger partial charge in [0.1, 0.15) is 29.7 Å². The smallest absolute Gasteiger partial charge is 0.320 e. The van der Waals surface area contributed by atoms with Crippen molar-refractivity contribution < 1.29 is 23.5 Å². The summed E-state index contributed by atoms with van der Waals surface area (Å²) in [6, 6.07) is 10.3. The maximum absolute atomic E-state index is 13.6. The number of nitrogens with one attached hydrogen (secondary N) is 1. The second-order valence-corrected chi connectivity index (χ2v) is 10.4. The number of morpholine rings is 1. The van der Waals surface area contributed by atoms with Gasteiger partial charge in [0.05, 0.1) is 30.5 Å². The standard InChI is InChI=1S/C26H30ClFN4O4/c1-26(2)15-31(13-24(33)36-26)9-10-35-32-16-29-25(30-18-5-7-22(28)21(27)11-18)20-12-19(6-8-23(20)32)34-14-17-3-4-17/h5-8,11-12,16-17,25,30H,3-4,9-10,13-15H2,1-2H3. The molecule has 0 aromatic heterocycles. The number of benzene rings is 2. The van der Waals surface area contributed by atoms with Gasteiger partial charge in [0.25, 0.3) is 0 Å². The predicted octanol–water partition coefficient (Wildman–Crippen LogP) is 4.80. The minimum atomic E-state index is -0.520. The Bertz CT molecular complexity index is 1160. The van der Waals surface area contributed by atoms with Crippen molar-refractivity contribution in [1.29, 1.82) is 0 Å². The van der Waals surface area contributed by atoms with Crippen LogP contribution in [0.3, 0.4) is 0 Å². The summed E-state index contributed by atoms with van der Waals surface area (Å²) >= 11 is 5.97. The number of ether oxygens (including phenoxy) is 2. The normalized spacial score (nSPS) is 21.2. The summed E-state index contributed by atoms with van der Waals surface area (Å²) in [7, 11) is 0. The monoisotopic (exact) mass is 516 g/mol. The fraction of sp³-hybridized carbons (Fsp3) is 0.462. The van der Waals surface area contributed by atoms with E-state index in [4.69, 9.17) is 25.9 Å². The van der Waals surface area contributed by atoms with Crippen LogP contribution in [0.1, 0.15) is 38.4 Å². The molecule has 10 heteroatoms. The highest BCUT2D eigenvalue weighted by atomic mass is 35.5. The van der Waals surface area contributed by atoms with Gasteiger partial charge < -0.3 is 14.8 Å². The van der Waals surface area contributed by atoms with Crippen molar-refractivity contribution in [3.63, 3.8) is 0 Å². The Labute approximate surface area is 214 Å². The highest BCUT2D eigenvalue weighted by molar-refractivity contribution is 6.31. The lowest BCUT2D eigenvalue weighted by atomic mass is 10.1. The quantitative estimate of drug-likeness (QED) is 0.480. The number of cyclic esters (lactones) is 1. The van der Waals surface area contributed by atoms with Crippen LogP contribution < -0.4 is 15.1 Å². The molecule has 2 aromatic rings. The SMILES string of the molecule is CC1(C)CN(CCON2C=NC(Nc3ccc(F)c(Cl)c3)c3cc(OCC4CC4)ccc32)CC(=O)O1. The first kappa shape index (κ1) is 24.8. The van der Waals surface area contributed by atoms with Crippen LogP contribution in [0, 0.1) is 11.7 Å². The third-order valence-corrected chi connectivity index (χ3v) is 6.53. The molecule has 3 aliphatic rings. The first-order valence-electron chi connectivity index (χ1n) is 12.1. The van der Waals surface area contributed by atoms with Crippen molar-refractivity contribution in [2.75, 3.05) is 43.2 Å². The molecule has 1 saturated heterocycles.